The normalized spacial score (nSPS) is 30.6. The summed E-state index contributed by atoms with van der Waals surface area (Å²) in [6, 6.07) is 6.11. The number of likely N-dealkylation sites (tertiary alicyclic amines) is 1. The fraction of sp³-hybridized carbons (Fsp3) is 0.571. The van der Waals surface area contributed by atoms with Crippen LogP contribution in [0.5, 0.6) is 0 Å². The summed E-state index contributed by atoms with van der Waals surface area (Å²) in [5.41, 5.74) is -0.217. The summed E-state index contributed by atoms with van der Waals surface area (Å²) in [4.78, 5) is 51.4. The standard InChI is InChI=1S/C21H28N6O5/c1-2-12-7-5-6-10-26(12)21-24-18-17(20(30)25-21)13(11-16(28)23-18)19(29)22-14-8-3-4-9-15(14)27(31)32/h3-4,8-9,12-13,17-18,21,24H,2,5-7,10-11H2,1H3,(H,22,29)(H,23,28)(H,25,30). The fourth-order valence-electron chi connectivity index (χ4n) is 5.00. The van der Waals surface area contributed by atoms with Gasteiger partial charge in [-0.3, -0.25) is 34.7 Å². The average molecular weight is 444 g/mol. The number of rotatable bonds is 5. The van der Waals surface area contributed by atoms with Crippen molar-refractivity contribution in [2.24, 2.45) is 11.8 Å². The van der Waals surface area contributed by atoms with E-state index in [2.05, 4.69) is 33.1 Å². The van der Waals surface area contributed by atoms with Gasteiger partial charge in [0.25, 0.3) is 5.69 Å². The van der Waals surface area contributed by atoms with Crippen LogP contribution in [-0.2, 0) is 14.4 Å². The van der Waals surface area contributed by atoms with Crippen molar-refractivity contribution in [1.29, 1.82) is 0 Å². The molecule has 3 fully saturated rings. The molecule has 3 saturated heterocycles. The minimum atomic E-state index is -0.953. The molecule has 3 aliphatic rings. The lowest BCUT2D eigenvalue weighted by Gasteiger charge is -2.49. The predicted molar refractivity (Wildman–Crippen MR) is 115 cm³/mol. The van der Waals surface area contributed by atoms with Crippen LogP contribution in [0.3, 0.4) is 0 Å². The molecule has 5 atom stereocenters. The maximum atomic E-state index is 13.1. The molecule has 0 bridgehead atoms. The van der Waals surface area contributed by atoms with Crippen LogP contribution in [0.4, 0.5) is 11.4 Å². The molecular formula is C21H28N6O5. The van der Waals surface area contributed by atoms with E-state index in [1.54, 1.807) is 6.07 Å². The molecule has 32 heavy (non-hydrogen) atoms. The number of para-hydroxylation sites is 2. The first-order chi connectivity index (χ1) is 15.4. The summed E-state index contributed by atoms with van der Waals surface area (Å²) in [6.07, 6.45) is 2.89. The highest BCUT2D eigenvalue weighted by atomic mass is 16.6. The first-order valence-electron chi connectivity index (χ1n) is 11.0. The molecule has 1 aromatic rings. The zero-order valence-electron chi connectivity index (χ0n) is 17.9. The zero-order valence-corrected chi connectivity index (χ0v) is 17.9. The number of benzene rings is 1. The van der Waals surface area contributed by atoms with Crippen molar-refractivity contribution < 1.29 is 19.3 Å². The van der Waals surface area contributed by atoms with Gasteiger partial charge in [0.1, 0.15) is 12.0 Å². The van der Waals surface area contributed by atoms with Gasteiger partial charge in [-0.2, -0.15) is 0 Å². The topological polar surface area (TPSA) is 146 Å². The van der Waals surface area contributed by atoms with Gasteiger partial charge in [0.2, 0.25) is 17.7 Å². The number of amides is 3. The van der Waals surface area contributed by atoms with Crippen molar-refractivity contribution in [2.45, 2.75) is 57.5 Å². The molecule has 5 unspecified atom stereocenters. The van der Waals surface area contributed by atoms with Crippen LogP contribution in [0, 0.1) is 22.0 Å². The van der Waals surface area contributed by atoms with Crippen LogP contribution in [0.1, 0.15) is 39.0 Å². The van der Waals surface area contributed by atoms with E-state index in [4.69, 9.17) is 0 Å². The van der Waals surface area contributed by atoms with Crippen molar-refractivity contribution in [2.75, 3.05) is 11.9 Å². The second-order valence-corrected chi connectivity index (χ2v) is 8.52. The lowest BCUT2D eigenvalue weighted by atomic mass is 9.81. The zero-order chi connectivity index (χ0) is 22.8. The van der Waals surface area contributed by atoms with Crippen LogP contribution in [0.15, 0.2) is 24.3 Å². The number of nitrogens with zero attached hydrogens (tertiary/aromatic N) is 2. The van der Waals surface area contributed by atoms with Crippen LogP contribution >= 0.6 is 0 Å². The molecular weight excluding hydrogens is 416 g/mol. The molecule has 11 nitrogen and oxygen atoms in total. The molecule has 3 heterocycles. The predicted octanol–water partition coefficient (Wildman–Crippen LogP) is 0.879. The van der Waals surface area contributed by atoms with Crippen LogP contribution in [0.25, 0.3) is 0 Å². The third kappa shape index (κ3) is 4.30. The maximum Gasteiger partial charge on any atom is 0.292 e. The van der Waals surface area contributed by atoms with Crippen molar-refractivity contribution in [3.63, 3.8) is 0 Å². The SMILES string of the molecule is CCC1CCCCN1C1NC(=O)C2C(NC(=O)CC2C(=O)Nc2ccccc2[N+](=O)[O-])N1. The van der Waals surface area contributed by atoms with E-state index in [1.165, 1.54) is 18.2 Å². The van der Waals surface area contributed by atoms with Crippen molar-refractivity contribution in [3.8, 4) is 0 Å². The van der Waals surface area contributed by atoms with E-state index in [0.717, 1.165) is 32.2 Å². The van der Waals surface area contributed by atoms with Gasteiger partial charge >= 0.3 is 0 Å². The number of carbonyl (C=O) groups is 3. The Labute approximate surface area is 185 Å². The van der Waals surface area contributed by atoms with Crippen LogP contribution in [0.2, 0.25) is 0 Å². The Morgan fingerprint density at radius 2 is 2.03 bits per heavy atom. The Morgan fingerprint density at radius 3 is 2.78 bits per heavy atom. The van der Waals surface area contributed by atoms with E-state index in [0.29, 0.717) is 6.04 Å². The maximum absolute atomic E-state index is 13.1. The molecule has 0 aliphatic carbocycles. The second kappa shape index (κ2) is 9.21. The number of nitro groups is 1. The minimum absolute atomic E-state index is 0.0335. The van der Waals surface area contributed by atoms with Crippen molar-refractivity contribution >= 4 is 29.1 Å². The Hall–Kier alpha value is -3.05. The van der Waals surface area contributed by atoms with Crippen molar-refractivity contribution in [1.82, 2.24) is 20.9 Å². The lowest BCUT2D eigenvalue weighted by molar-refractivity contribution is -0.383. The van der Waals surface area contributed by atoms with E-state index < -0.39 is 35.1 Å². The van der Waals surface area contributed by atoms with Gasteiger partial charge in [0, 0.05) is 25.1 Å². The van der Waals surface area contributed by atoms with Gasteiger partial charge in [-0.05, 0) is 25.3 Å². The summed E-state index contributed by atoms with van der Waals surface area (Å²) in [6.45, 7) is 2.95. The summed E-state index contributed by atoms with van der Waals surface area (Å²) in [7, 11) is 0. The number of anilines is 1. The second-order valence-electron chi connectivity index (χ2n) is 8.52. The van der Waals surface area contributed by atoms with Gasteiger partial charge in [0.15, 0.2) is 0 Å². The largest absolute Gasteiger partial charge is 0.340 e. The number of nitrogens with one attached hydrogen (secondary N) is 4. The average Bonchev–Trinajstić information content (AvgIpc) is 2.78. The van der Waals surface area contributed by atoms with Gasteiger partial charge in [0.05, 0.1) is 22.9 Å². The minimum Gasteiger partial charge on any atom is -0.340 e. The van der Waals surface area contributed by atoms with Crippen LogP contribution < -0.4 is 21.3 Å². The molecule has 0 saturated carbocycles. The molecule has 1 aromatic carbocycles. The smallest absolute Gasteiger partial charge is 0.292 e. The molecule has 0 aromatic heterocycles. The number of hydrogen-bond acceptors (Lipinski definition) is 7. The molecule has 4 rings (SSSR count). The summed E-state index contributed by atoms with van der Waals surface area (Å²) in [5.74, 6) is -3.03. The third-order valence-electron chi connectivity index (χ3n) is 6.60. The quantitative estimate of drug-likeness (QED) is 0.389. The van der Waals surface area contributed by atoms with E-state index >= 15 is 0 Å². The molecule has 0 radical (unpaired) electrons. The lowest BCUT2D eigenvalue weighted by Crippen LogP contribution is -2.75. The Morgan fingerprint density at radius 1 is 1.25 bits per heavy atom. The van der Waals surface area contributed by atoms with Gasteiger partial charge in [-0.15, -0.1) is 0 Å². The Bertz CT molecular complexity index is 924. The monoisotopic (exact) mass is 444 g/mol. The number of piperidine rings is 2. The Balaban J connectivity index is 1.52. The molecule has 4 N–H and O–H groups in total. The Kier molecular flexibility index (Phi) is 6.38. The van der Waals surface area contributed by atoms with Crippen LogP contribution in [-0.4, -0.2) is 52.6 Å². The molecule has 3 amide bonds. The fourth-order valence-corrected chi connectivity index (χ4v) is 5.00. The molecule has 0 spiro atoms. The summed E-state index contributed by atoms with van der Waals surface area (Å²) < 4.78 is 0. The van der Waals surface area contributed by atoms with Gasteiger partial charge < -0.3 is 16.0 Å². The third-order valence-corrected chi connectivity index (χ3v) is 6.60. The highest BCUT2D eigenvalue weighted by Crippen LogP contribution is 2.31. The van der Waals surface area contributed by atoms with E-state index in [9.17, 15) is 24.5 Å². The number of fused-ring (bicyclic) bond motifs is 1. The first-order valence-corrected chi connectivity index (χ1v) is 11.0. The molecule has 172 valence electrons. The molecule has 11 heteroatoms. The molecule has 3 aliphatic heterocycles. The highest BCUT2D eigenvalue weighted by molar-refractivity contribution is 6.01. The highest BCUT2D eigenvalue weighted by Gasteiger charge is 2.50. The number of nitro benzene ring substituents is 1. The van der Waals surface area contributed by atoms with Gasteiger partial charge in [-0.1, -0.05) is 25.5 Å². The van der Waals surface area contributed by atoms with E-state index in [1.807, 2.05) is 0 Å². The first kappa shape index (κ1) is 22.2. The summed E-state index contributed by atoms with van der Waals surface area (Å²) >= 11 is 0. The number of hydrogen-bond donors (Lipinski definition) is 4. The van der Waals surface area contributed by atoms with Gasteiger partial charge in [-0.25, -0.2) is 0 Å². The summed E-state index contributed by atoms with van der Waals surface area (Å²) in [5, 5.41) is 22.9. The van der Waals surface area contributed by atoms with Crippen molar-refractivity contribution in [3.05, 3.63) is 34.4 Å². The number of carbonyl (C=O) groups excluding carboxylic acids is 3. The van der Waals surface area contributed by atoms with E-state index in [-0.39, 0.29) is 29.6 Å².